The lowest BCUT2D eigenvalue weighted by Gasteiger charge is -2.20. The van der Waals surface area contributed by atoms with Gasteiger partial charge in [0, 0.05) is 32.2 Å². The molecule has 0 aromatic carbocycles. The number of nitrogens with zero attached hydrogens (tertiary/aromatic N) is 2. The van der Waals surface area contributed by atoms with Crippen molar-refractivity contribution in [1.82, 2.24) is 10.2 Å². The fourth-order valence-electron chi connectivity index (χ4n) is 1.65. The van der Waals surface area contributed by atoms with Crippen LogP contribution in [0.1, 0.15) is 20.3 Å². The van der Waals surface area contributed by atoms with Crippen molar-refractivity contribution in [3.05, 3.63) is 0 Å². The third-order valence-electron chi connectivity index (χ3n) is 2.54. The quantitative estimate of drug-likeness (QED) is 0.469. The molecule has 1 aliphatic rings. The molecule has 1 atom stereocenters. The third-order valence-corrected chi connectivity index (χ3v) is 2.54. The minimum Gasteiger partial charge on any atom is -0.370 e. The van der Waals surface area contributed by atoms with Crippen LogP contribution in [-0.4, -0.2) is 43.1 Å². The second-order valence-electron chi connectivity index (χ2n) is 3.83. The maximum atomic E-state index is 5.59. The number of hydrogen-bond donors (Lipinski definition) is 2. The summed E-state index contributed by atoms with van der Waals surface area (Å²) in [7, 11) is 1.71. The van der Waals surface area contributed by atoms with E-state index in [-0.39, 0.29) is 0 Å². The molecular weight excluding hydrogens is 164 g/mol. The van der Waals surface area contributed by atoms with Crippen LogP contribution in [0.5, 0.6) is 0 Å². The minimum atomic E-state index is 0.478. The van der Waals surface area contributed by atoms with Gasteiger partial charge in [-0.2, -0.15) is 0 Å². The zero-order chi connectivity index (χ0) is 9.84. The van der Waals surface area contributed by atoms with Crippen molar-refractivity contribution in [3.63, 3.8) is 0 Å². The van der Waals surface area contributed by atoms with Gasteiger partial charge in [-0.3, -0.25) is 9.89 Å². The highest BCUT2D eigenvalue weighted by Gasteiger charge is 2.23. The first-order chi connectivity index (χ1) is 6.13. The average Bonchev–Trinajstić information content (AvgIpc) is 2.52. The van der Waals surface area contributed by atoms with E-state index in [2.05, 4.69) is 29.1 Å². The summed E-state index contributed by atoms with van der Waals surface area (Å²) >= 11 is 0. The topological polar surface area (TPSA) is 53.6 Å². The van der Waals surface area contributed by atoms with Crippen LogP contribution in [0.3, 0.4) is 0 Å². The lowest BCUT2D eigenvalue weighted by Crippen LogP contribution is -2.42. The van der Waals surface area contributed by atoms with Gasteiger partial charge in [-0.1, -0.05) is 0 Å². The van der Waals surface area contributed by atoms with Gasteiger partial charge < -0.3 is 11.1 Å². The number of nitrogens with one attached hydrogen (secondary N) is 1. The number of guanidine groups is 1. The molecule has 3 N–H and O–H groups in total. The predicted octanol–water partition coefficient (Wildman–Crippen LogP) is 0.00320. The van der Waals surface area contributed by atoms with Crippen molar-refractivity contribution in [2.24, 2.45) is 10.7 Å². The Balaban J connectivity index is 2.33. The number of likely N-dealkylation sites (tertiary alicyclic amines) is 1. The molecule has 0 bridgehead atoms. The van der Waals surface area contributed by atoms with E-state index in [0.717, 1.165) is 19.5 Å². The van der Waals surface area contributed by atoms with Crippen LogP contribution in [0.2, 0.25) is 0 Å². The molecule has 0 aliphatic carbocycles. The molecule has 0 spiro atoms. The summed E-state index contributed by atoms with van der Waals surface area (Å²) in [5.41, 5.74) is 5.59. The molecule has 1 heterocycles. The summed E-state index contributed by atoms with van der Waals surface area (Å²) in [4.78, 5) is 6.33. The van der Waals surface area contributed by atoms with E-state index < -0.39 is 0 Å². The van der Waals surface area contributed by atoms with Gasteiger partial charge in [0.05, 0.1) is 0 Å². The smallest absolute Gasteiger partial charge is 0.188 e. The van der Waals surface area contributed by atoms with Crippen LogP contribution in [-0.2, 0) is 0 Å². The van der Waals surface area contributed by atoms with Crippen molar-refractivity contribution in [2.75, 3.05) is 20.1 Å². The van der Waals surface area contributed by atoms with E-state index in [1.807, 2.05) is 0 Å². The van der Waals surface area contributed by atoms with E-state index in [1.54, 1.807) is 7.05 Å². The minimum absolute atomic E-state index is 0.478. The molecule has 4 heteroatoms. The van der Waals surface area contributed by atoms with Gasteiger partial charge in [0.1, 0.15) is 0 Å². The predicted molar refractivity (Wildman–Crippen MR) is 55.8 cm³/mol. The molecular formula is C9H20N4. The highest BCUT2D eigenvalue weighted by molar-refractivity contribution is 5.77. The van der Waals surface area contributed by atoms with Crippen molar-refractivity contribution >= 4 is 5.96 Å². The second-order valence-corrected chi connectivity index (χ2v) is 3.83. The SMILES string of the molecule is CN=C(N)NC1CCN(C(C)C)C1. The van der Waals surface area contributed by atoms with Gasteiger partial charge in [0.15, 0.2) is 5.96 Å². The molecule has 0 aromatic heterocycles. The Bertz CT molecular complexity index is 188. The molecule has 1 saturated heterocycles. The van der Waals surface area contributed by atoms with E-state index >= 15 is 0 Å². The van der Waals surface area contributed by atoms with Crippen molar-refractivity contribution in [3.8, 4) is 0 Å². The standard InChI is InChI=1S/C9H20N4/c1-7(2)13-5-4-8(6-13)12-9(10)11-3/h7-8H,4-6H2,1-3H3,(H3,10,11,12). The van der Waals surface area contributed by atoms with E-state index in [0.29, 0.717) is 18.0 Å². The molecule has 0 amide bonds. The Kier molecular flexibility index (Phi) is 3.54. The first-order valence-electron chi connectivity index (χ1n) is 4.86. The second kappa shape index (κ2) is 4.46. The van der Waals surface area contributed by atoms with Crippen LogP contribution in [0.4, 0.5) is 0 Å². The summed E-state index contributed by atoms with van der Waals surface area (Å²) in [6.07, 6.45) is 1.16. The molecule has 76 valence electrons. The Morgan fingerprint density at radius 1 is 1.62 bits per heavy atom. The van der Waals surface area contributed by atoms with Crippen molar-refractivity contribution in [1.29, 1.82) is 0 Å². The third kappa shape index (κ3) is 2.88. The number of hydrogen-bond acceptors (Lipinski definition) is 2. The molecule has 1 aliphatic heterocycles. The summed E-state index contributed by atoms with van der Waals surface area (Å²) in [6, 6.07) is 1.11. The molecule has 13 heavy (non-hydrogen) atoms. The lowest BCUT2D eigenvalue weighted by atomic mass is 10.3. The number of rotatable bonds is 2. The molecule has 1 fully saturated rings. The monoisotopic (exact) mass is 184 g/mol. The zero-order valence-corrected chi connectivity index (χ0v) is 8.75. The van der Waals surface area contributed by atoms with Crippen LogP contribution in [0, 0.1) is 0 Å². The Morgan fingerprint density at radius 3 is 2.77 bits per heavy atom. The molecule has 1 rings (SSSR count). The van der Waals surface area contributed by atoms with Crippen molar-refractivity contribution < 1.29 is 0 Å². The number of aliphatic imine (C=N–C) groups is 1. The van der Waals surface area contributed by atoms with E-state index in [1.165, 1.54) is 0 Å². The molecule has 0 radical (unpaired) electrons. The Labute approximate surface area is 80.2 Å². The average molecular weight is 184 g/mol. The van der Waals surface area contributed by atoms with Crippen LogP contribution < -0.4 is 11.1 Å². The maximum absolute atomic E-state index is 5.59. The zero-order valence-electron chi connectivity index (χ0n) is 8.75. The van der Waals surface area contributed by atoms with Gasteiger partial charge in [-0.25, -0.2) is 0 Å². The van der Waals surface area contributed by atoms with Gasteiger partial charge >= 0.3 is 0 Å². The first-order valence-corrected chi connectivity index (χ1v) is 4.86. The largest absolute Gasteiger partial charge is 0.370 e. The highest BCUT2D eigenvalue weighted by atomic mass is 15.2. The van der Waals surface area contributed by atoms with Crippen LogP contribution in [0.25, 0.3) is 0 Å². The van der Waals surface area contributed by atoms with Crippen molar-refractivity contribution in [2.45, 2.75) is 32.4 Å². The lowest BCUT2D eigenvalue weighted by molar-refractivity contribution is 0.271. The van der Waals surface area contributed by atoms with Crippen LogP contribution in [0.15, 0.2) is 4.99 Å². The molecule has 1 unspecified atom stereocenters. The molecule has 4 nitrogen and oxygen atoms in total. The molecule has 0 aromatic rings. The van der Waals surface area contributed by atoms with Gasteiger partial charge in [-0.05, 0) is 20.3 Å². The maximum Gasteiger partial charge on any atom is 0.188 e. The summed E-state index contributed by atoms with van der Waals surface area (Å²) in [6.45, 7) is 6.68. The summed E-state index contributed by atoms with van der Waals surface area (Å²) in [5.74, 6) is 0.551. The van der Waals surface area contributed by atoms with Gasteiger partial charge in [0.25, 0.3) is 0 Å². The fourth-order valence-corrected chi connectivity index (χ4v) is 1.65. The number of nitrogens with two attached hydrogens (primary N) is 1. The molecule has 0 saturated carbocycles. The summed E-state index contributed by atoms with van der Waals surface area (Å²) in [5, 5.41) is 3.20. The Morgan fingerprint density at radius 2 is 2.31 bits per heavy atom. The highest BCUT2D eigenvalue weighted by Crippen LogP contribution is 2.11. The van der Waals surface area contributed by atoms with Gasteiger partial charge in [-0.15, -0.1) is 0 Å². The fraction of sp³-hybridized carbons (Fsp3) is 0.889. The van der Waals surface area contributed by atoms with E-state index in [4.69, 9.17) is 5.73 Å². The normalized spacial score (nSPS) is 25.5. The van der Waals surface area contributed by atoms with Gasteiger partial charge in [0.2, 0.25) is 0 Å². The first kappa shape index (κ1) is 10.3. The van der Waals surface area contributed by atoms with Crippen LogP contribution >= 0.6 is 0 Å². The Hall–Kier alpha value is -0.770. The summed E-state index contributed by atoms with van der Waals surface area (Å²) < 4.78 is 0. The van der Waals surface area contributed by atoms with E-state index in [9.17, 15) is 0 Å².